The quantitative estimate of drug-likeness (QED) is 0.447. The van der Waals surface area contributed by atoms with E-state index >= 15 is 0 Å². The van der Waals surface area contributed by atoms with Crippen molar-refractivity contribution in [3.05, 3.63) is 40.8 Å². The normalized spacial score (nSPS) is 13.1. The van der Waals surface area contributed by atoms with Crippen molar-refractivity contribution in [1.29, 1.82) is 0 Å². The topological polar surface area (TPSA) is 54.2 Å². The predicted octanol–water partition coefficient (Wildman–Crippen LogP) is 2.69. The van der Waals surface area contributed by atoms with Crippen LogP contribution in [0.25, 0.3) is 0 Å². The molecule has 0 saturated carbocycles. The molecule has 2 heterocycles. The second-order valence-corrected chi connectivity index (χ2v) is 6.16. The lowest BCUT2D eigenvalue weighted by atomic mass is 10.1. The summed E-state index contributed by atoms with van der Waals surface area (Å²) in [5.74, 6) is 1.35. The third-order valence-electron chi connectivity index (χ3n) is 3.31. The van der Waals surface area contributed by atoms with Gasteiger partial charge in [-0.25, -0.2) is 0 Å². The van der Waals surface area contributed by atoms with Gasteiger partial charge < -0.3 is 10.6 Å². The van der Waals surface area contributed by atoms with E-state index in [9.17, 15) is 0 Å². The largest absolute Gasteiger partial charge is 0.357 e. The van der Waals surface area contributed by atoms with Crippen LogP contribution >= 0.6 is 11.3 Å². The van der Waals surface area contributed by atoms with Crippen molar-refractivity contribution in [2.75, 3.05) is 19.6 Å². The maximum absolute atomic E-state index is 4.68. The third kappa shape index (κ3) is 5.52. The molecule has 22 heavy (non-hydrogen) atoms. The van der Waals surface area contributed by atoms with E-state index in [0.29, 0.717) is 5.92 Å². The standard InChI is InChI=1S/C16H25N5S/c1-3-17-16(18-8-5-10-21-11-6-9-20-21)19-13-14(2)15-7-4-12-22-15/h4,6-7,9,11-12,14H,3,5,8,10,13H2,1-2H3,(H2,17,18,19). The van der Waals surface area contributed by atoms with Gasteiger partial charge in [0.05, 0.1) is 6.54 Å². The van der Waals surface area contributed by atoms with Gasteiger partial charge in [0.2, 0.25) is 0 Å². The zero-order valence-corrected chi connectivity index (χ0v) is 14.1. The van der Waals surface area contributed by atoms with E-state index in [0.717, 1.165) is 38.6 Å². The number of hydrogen-bond donors (Lipinski definition) is 2. The zero-order chi connectivity index (χ0) is 15.6. The highest BCUT2D eigenvalue weighted by Crippen LogP contribution is 2.20. The van der Waals surface area contributed by atoms with E-state index in [4.69, 9.17) is 0 Å². The van der Waals surface area contributed by atoms with E-state index in [1.807, 2.05) is 23.1 Å². The summed E-state index contributed by atoms with van der Waals surface area (Å²) in [6.07, 6.45) is 4.82. The number of rotatable bonds is 8. The molecule has 0 aromatic carbocycles. The van der Waals surface area contributed by atoms with Crippen LogP contribution in [-0.4, -0.2) is 35.4 Å². The fraction of sp³-hybridized carbons (Fsp3) is 0.500. The Morgan fingerprint density at radius 1 is 1.41 bits per heavy atom. The molecular weight excluding hydrogens is 294 g/mol. The van der Waals surface area contributed by atoms with Crippen LogP contribution in [0, 0.1) is 0 Å². The maximum atomic E-state index is 4.68. The van der Waals surface area contributed by atoms with Gasteiger partial charge in [-0.15, -0.1) is 11.3 Å². The van der Waals surface area contributed by atoms with Crippen LogP contribution in [-0.2, 0) is 6.54 Å². The number of hydrogen-bond acceptors (Lipinski definition) is 3. The van der Waals surface area contributed by atoms with Gasteiger partial charge in [-0.2, -0.15) is 5.10 Å². The second-order valence-electron chi connectivity index (χ2n) is 5.19. The third-order valence-corrected chi connectivity index (χ3v) is 4.42. The van der Waals surface area contributed by atoms with Crippen LogP contribution < -0.4 is 10.6 Å². The van der Waals surface area contributed by atoms with Gasteiger partial charge in [0.1, 0.15) is 0 Å². The van der Waals surface area contributed by atoms with Crippen LogP contribution in [0.5, 0.6) is 0 Å². The smallest absolute Gasteiger partial charge is 0.191 e. The number of nitrogens with zero attached hydrogens (tertiary/aromatic N) is 3. The molecule has 0 radical (unpaired) electrons. The van der Waals surface area contributed by atoms with Gasteiger partial charge in [0, 0.05) is 42.8 Å². The van der Waals surface area contributed by atoms with Crippen molar-refractivity contribution in [3.63, 3.8) is 0 Å². The van der Waals surface area contributed by atoms with Gasteiger partial charge >= 0.3 is 0 Å². The number of aliphatic imine (C=N–C) groups is 1. The lowest BCUT2D eigenvalue weighted by Gasteiger charge is -2.13. The SMILES string of the molecule is CCNC(=NCC(C)c1cccs1)NCCCn1cccn1. The first-order valence-corrected chi connectivity index (χ1v) is 8.70. The zero-order valence-electron chi connectivity index (χ0n) is 13.3. The molecule has 2 N–H and O–H groups in total. The van der Waals surface area contributed by atoms with Crippen molar-refractivity contribution < 1.29 is 0 Å². The molecule has 0 amide bonds. The van der Waals surface area contributed by atoms with Crippen molar-refractivity contribution >= 4 is 17.3 Å². The molecule has 2 aromatic rings. The highest BCUT2D eigenvalue weighted by Gasteiger charge is 2.06. The van der Waals surface area contributed by atoms with E-state index in [1.54, 1.807) is 11.3 Å². The van der Waals surface area contributed by atoms with E-state index in [2.05, 4.69) is 52.1 Å². The Kier molecular flexibility index (Phi) is 6.96. The van der Waals surface area contributed by atoms with Crippen LogP contribution in [0.15, 0.2) is 41.0 Å². The molecule has 2 aromatic heterocycles. The fourth-order valence-corrected chi connectivity index (χ4v) is 2.89. The number of aryl methyl sites for hydroxylation is 1. The fourth-order valence-electron chi connectivity index (χ4n) is 2.11. The van der Waals surface area contributed by atoms with Crippen LogP contribution in [0.2, 0.25) is 0 Å². The Bertz CT molecular complexity index is 533. The summed E-state index contributed by atoms with van der Waals surface area (Å²) in [5.41, 5.74) is 0. The first kappa shape index (κ1) is 16.5. The second kappa shape index (κ2) is 9.25. The summed E-state index contributed by atoms with van der Waals surface area (Å²) in [7, 11) is 0. The molecule has 120 valence electrons. The molecule has 0 aliphatic carbocycles. The Balaban J connectivity index is 1.74. The molecule has 0 fully saturated rings. The minimum Gasteiger partial charge on any atom is -0.357 e. The van der Waals surface area contributed by atoms with Crippen LogP contribution in [0.1, 0.15) is 31.1 Å². The molecule has 0 bridgehead atoms. The molecular formula is C16H25N5S. The van der Waals surface area contributed by atoms with Crippen LogP contribution in [0.3, 0.4) is 0 Å². The molecule has 1 unspecified atom stereocenters. The Labute approximate surface area is 136 Å². The highest BCUT2D eigenvalue weighted by molar-refractivity contribution is 7.10. The van der Waals surface area contributed by atoms with E-state index in [-0.39, 0.29) is 0 Å². The average Bonchev–Trinajstić information content (AvgIpc) is 3.21. The molecule has 6 heteroatoms. The molecule has 5 nitrogen and oxygen atoms in total. The summed E-state index contributed by atoms with van der Waals surface area (Å²) < 4.78 is 1.95. The number of thiophene rings is 1. The van der Waals surface area contributed by atoms with Crippen LogP contribution in [0.4, 0.5) is 0 Å². The van der Waals surface area contributed by atoms with Gasteiger partial charge in [0.25, 0.3) is 0 Å². The van der Waals surface area contributed by atoms with Gasteiger partial charge in [0.15, 0.2) is 5.96 Å². The van der Waals surface area contributed by atoms with Gasteiger partial charge in [-0.1, -0.05) is 13.0 Å². The van der Waals surface area contributed by atoms with E-state index in [1.165, 1.54) is 4.88 Å². The Morgan fingerprint density at radius 2 is 2.32 bits per heavy atom. The average molecular weight is 319 g/mol. The summed E-state index contributed by atoms with van der Waals surface area (Å²) in [5, 5.41) is 13.0. The van der Waals surface area contributed by atoms with E-state index < -0.39 is 0 Å². The number of guanidine groups is 1. The molecule has 0 aliphatic heterocycles. The molecule has 0 spiro atoms. The van der Waals surface area contributed by atoms with Crippen molar-refractivity contribution in [3.8, 4) is 0 Å². The maximum Gasteiger partial charge on any atom is 0.191 e. The predicted molar refractivity (Wildman–Crippen MR) is 93.6 cm³/mol. The Hall–Kier alpha value is -1.82. The minimum atomic E-state index is 0.458. The van der Waals surface area contributed by atoms with Gasteiger partial charge in [-0.05, 0) is 30.9 Å². The summed E-state index contributed by atoms with van der Waals surface area (Å²) in [6.45, 7) is 7.79. The lowest BCUT2D eigenvalue weighted by Crippen LogP contribution is -2.38. The Morgan fingerprint density at radius 3 is 3.00 bits per heavy atom. The van der Waals surface area contributed by atoms with Gasteiger partial charge in [-0.3, -0.25) is 9.67 Å². The lowest BCUT2D eigenvalue weighted by molar-refractivity contribution is 0.570. The summed E-state index contributed by atoms with van der Waals surface area (Å²) in [6, 6.07) is 6.22. The first-order valence-electron chi connectivity index (χ1n) is 7.82. The summed E-state index contributed by atoms with van der Waals surface area (Å²) in [4.78, 5) is 6.07. The van der Waals surface area contributed by atoms with Crippen molar-refractivity contribution in [1.82, 2.24) is 20.4 Å². The highest BCUT2D eigenvalue weighted by atomic mass is 32.1. The minimum absolute atomic E-state index is 0.458. The molecule has 0 saturated heterocycles. The summed E-state index contributed by atoms with van der Waals surface area (Å²) >= 11 is 1.80. The monoisotopic (exact) mass is 319 g/mol. The number of aromatic nitrogens is 2. The molecule has 0 aliphatic rings. The van der Waals surface area contributed by atoms with Crippen molar-refractivity contribution in [2.45, 2.75) is 32.7 Å². The number of nitrogens with one attached hydrogen (secondary N) is 2. The molecule has 1 atom stereocenters. The molecule has 2 rings (SSSR count). The van der Waals surface area contributed by atoms with Crippen molar-refractivity contribution in [2.24, 2.45) is 4.99 Å². The first-order chi connectivity index (χ1) is 10.8.